The van der Waals surface area contributed by atoms with Crippen molar-refractivity contribution in [1.29, 1.82) is 0 Å². The van der Waals surface area contributed by atoms with Gasteiger partial charge in [-0.05, 0) is 36.0 Å². The molecule has 0 aromatic heterocycles. The average molecular weight is 225 g/mol. The van der Waals surface area contributed by atoms with Crippen LogP contribution < -0.4 is 4.74 Å². The smallest absolute Gasteiger partial charge is 0.121 e. The standard InChI is InChI=1S/C13H17ClO/c1-13(2,3)11-7-6-10(8-12(11)14)15-9-4-5-9/h6-9H,4-5H2,1-3H3. The van der Waals surface area contributed by atoms with Gasteiger partial charge in [0.05, 0.1) is 6.10 Å². The number of halogens is 1. The van der Waals surface area contributed by atoms with Crippen LogP contribution in [0.25, 0.3) is 0 Å². The van der Waals surface area contributed by atoms with Crippen LogP contribution in [0.1, 0.15) is 39.2 Å². The van der Waals surface area contributed by atoms with E-state index >= 15 is 0 Å². The third-order valence-corrected chi connectivity index (χ3v) is 2.89. The molecule has 0 bridgehead atoms. The number of ether oxygens (including phenoxy) is 1. The Kier molecular flexibility index (Phi) is 2.68. The first-order valence-electron chi connectivity index (χ1n) is 5.43. The third kappa shape index (κ3) is 2.66. The summed E-state index contributed by atoms with van der Waals surface area (Å²) >= 11 is 6.24. The molecule has 0 heterocycles. The molecular formula is C13H17ClO. The molecule has 1 saturated carbocycles. The minimum Gasteiger partial charge on any atom is -0.490 e. The zero-order chi connectivity index (χ0) is 11.1. The number of hydrogen-bond acceptors (Lipinski definition) is 1. The van der Waals surface area contributed by atoms with E-state index in [2.05, 4.69) is 26.8 Å². The Balaban J connectivity index is 2.21. The molecule has 0 spiro atoms. The lowest BCUT2D eigenvalue weighted by Crippen LogP contribution is -2.11. The fraction of sp³-hybridized carbons (Fsp3) is 0.538. The van der Waals surface area contributed by atoms with Crippen LogP contribution in [0.3, 0.4) is 0 Å². The molecule has 0 atom stereocenters. The van der Waals surface area contributed by atoms with Crippen molar-refractivity contribution in [2.75, 3.05) is 0 Å². The Bertz CT molecular complexity index is 361. The van der Waals surface area contributed by atoms with Crippen LogP contribution in [0.2, 0.25) is 5.02 Å². The summed E-state index contributed by atoms with van der Waals surface area (Å²) in [7, 11) is 0. The van der Waals surface area contributed by atoms with Crippen molar-refractivity contribution in [3.8, 4) is 5.75 Å². The van der Waals surface area contributed by atoms with E-state index in [9.17, 15) is 0 Å². The van der Waals surface area contributed by atoms with Gasteiger partial charge in [-0.3, -0.25) is 0 Å². The van der Waals surface area contributed by atoms with Gasteiger partial charge in [-0.1, -0.05) is 38.4 Å². The minimum absolute atomic E-state index is 0.0925. The molecule has 2 heteroatoms. The summed E-state index contributed by atoms with van der Waals surface area (Å²) in [5.74, 6) is 0.899. The maximum absolute atomic E-state index is 6.24. The maximum atomic E-state index is 6.24. The molecule has 1 aromatic carbocycles. The molecule has 0 saturated heterocycles. The highest BCUT2D eigenvalue weighted by Crippen LogP contribution is 2.34. The average Bonchev–Trinajstić information content (AvgIpc) is 2.85. The van der Waals surface area contributed by atoms with Gasteiger partial charge in [-0.2, -0.15) is 0 Å². The second kappa shape index (κ2) is 3.71. The van der Waals surface area contributed by atoms with Crippen LogP contribution in [-0.4, -0.2) is 6.10 Å². The molecule has 2 rings (SSSR count). The molecule has 1 fully saturated rings. The first-order valence-corrected chi connectivity index (χ1v) is 5.81. The summed E-state index contributed by atoms with van der Waals surface area (Å²) in [5, 5.41) is 0.806. The first-order chi connectivity index (χ1) is 6.97. The fourth-order valence-corrected chi connectivity index (χ4v) is 2.01. The van der Waals surface area contributed by atoms with Gasteiger partial charge in [0, 0.05) is 5.02 Å². The number of benzene rings is 1. The summed E-state index contributed by atoms with van der Waals surface area (Å²) in [6.07, 6.45) is 2.79. The van der Waals surface area contributed by atoms with E-state index < -0.39 is 0 Å². The van der Waals surface area contributed by atoms with Crippen molar-refractivity contribution in [3.63, 3.8) is 0 Å². The molecule has 1 aliphatic carbocycles. The molecular weight excluding hydrogens is 208 g/mol. The fourth-order valence-electron chi connectivity index (χ4n) is 1.56. The van der Waals surface area contributed by atoms with Gasteiger partial charge < -0.3 is 4.74 Å². The SMILES string of the molecule is CC(C)(C)c1ccc(OC2CC2)cc1Cl. The lowest BCUT2D eigenvalue weighted by Gasteiger charge is -2.21. The molecule has 0 unspecified atom stereocenters. The quantitative estimate of drug-likeness (QED) is 0.733. The van der Waals surface area contributed by atoms with E-state index in [0.29, 0.717) is 6.10 Å². The van der Waals surface area contributed by atoms with Crippen LogP contribution in [0, 0.1) is 0 Å². The van der Waals surface area contributed by atoms with Crippen molar-refractivity contribution in [1.82, 2.24) is 0 Å². The van der Waals surface area contributed by atoms with E-state index in [4.69, 9.17) is 16.3 Å². The van der Waals surface area contributed by atoms with Crippen molar-refractivity contribution in [2.24, 2.45) is 0 Å². The Morgan fingerprint density at radius 1 is 1.27 bits per heavy atom. The summed E-state index contributed by atoms with van der Waals surface area (Å²) in [5.41, 5.74) is 1.27. The monoisotopic (exact) mass is 224 g/mol. The van der Waals surface area contributed by atoms with Gasteiger partial charge in [0.1, 0.15) is 5.75 Å². The first kappa shape index (κ1) is 10.8. The topological polar surface area (TPSA) is 9.23 Å². The van der Waals surface area contributed by atoms with Crippen LogP contribution in [0.5, 0.6) is 5.75 Å². The van der Waals surface area contributed by atoms with Gasteiger partial charge in [0.2, 0.25) is 0 Å². The zero-order valence-electron chi connectivity index (χ0n) is 9.51. The maximum Gasteiger partial charge on any atom is 0.121 e. The highest BCUT2D eigenvalue weighted by molar-refractivity contribution is 6.31. The predicted molar refractivity (Wildman–Crippen MR) is 63.8 cm³/mol. The van der Waals surface area contributed by atoms with E-state index in [1.54, 1.807) is 0 Å². The van der Waals surface area contributed by atoms with E-state index in [1.165, 1.54) is 18.4 Å². The Hall–Kier alpha value is -0.690. The second-order valence-electron chi connectivity index (χ2n) is 5.21. The van der Waals surface area contributed by atoms with Crippen molar-refractivity contribution >= 4 is 11.6 Å². The highest BCUT2D eigenvalue weighted by Gasteiger charge is 2.24. The van der Waals surface area contributed by atoms with Crippen LogP contribution >= 0.6 is 11.6 Å². The molecule has 0 aliphatic heterocycles. The van der Waals surface area contributed by atoms with Gasteiger partial charge in [0.25, 0.3) is 0 Å². The molecule has 1 aliphatic rings. The molecule has 82 valence electrons. The molecule has 1 nitrogen and oxygen atoms in total. The van der Waals surface area contributed by atoms with E-state index in [0.717, 1.165) is 10.8 Å². The largest absolute Gasteiger partial charge is 0.490 e. The molecule has 0 radical (unpaired) electrons. The molecule has 15 heavy (non-hydrogen) atoms. The normalized spacial score (nSPS) is 16.5. The number of rotatable bonds is 2. The van der Waals surface area contributed by atoms with Crippen molar-refractivity contribution < 1.29 is 4.74 Å². The second-order valence-corrected chi connectivity index (χ2v) is 5.62. The van der Waals surface area contributed by atoms with Gasteiger partial charge >= 0.3 is 0 Å². The van der Waals surface area contributed by atoms with E-state index in [-0.39, 0.29) is 5.41 Å². The van der Waals surface area contributed by atoms with Gasteiger partial charge in [0.15, 0.2) is 0 Å². The lowest BCUT2D eigenvalue weighted by molar-refractivity contribution is 0.303. The molecule has 1 aromatic rings. The highest BCUT2D eigenvalue weighted by atomic mass is 35.5. The lowest BCUT2D eigenvalue weighted by atomic mass is 9.87. The molecule has 0 amide bonds. The summed E-state index contributed by atoms with van der Waals surface area (Å²) < 4.78 is 5.69. The van der Waals surface area contributed by atoms with Crippen molar-refractivity contribution in [3.05, 3.63) is 28.8 Å². The van der Waals surface area contributed by atoms with Gasteiger partial charge in [-0.25, -0.2) is 0 Å². The van der Waals surface area contributed by atoms with Crippen LogP contribution in [0.4, 0.5) is 0 Å². The molecule has 0 N–H and O–H groups in total. The van der Waals surface area contributed by atoms with E-state index in [1.807, 2.05) is 12.1 Å². The van der Waals surface area contributed by atoms with Crippen molar-refractivity contribution in [2.45, 2.75) is 45.1 Å². The van der Waals surface area contributed by atoms with Gasteiger partial charge in [-0.15, -0.1) is 0 Å². The summed E-state index contributed by atoms with van der Waals surface area (Å²) in [6.45, 7) is 6.49. The Morgan fingerprint density at radius 3 is 2.40 bits per heavy atom. The van der Waals surface area contributed by atoms with Crippen LogP contribution in [0.15, 0.2) is 18.2 Å². The Morgan fingerprint density at radius 2 is 1.93 bits per heavy atom. The Labute approximate surface area is 96.4 Å². The number of hydrogen-bond donors (Lipinski definition) is 0. The zero-order valence-corrected chi connectivity index (χ0v) is 10.3. The summed E-state index contributed by atoms with van der Waals surface area (Å²) in [6, 6.07) is 6.02. The predicted octanol–water partition coefficient (Wildman–Crippen LogP) is 4.18. The van der Waals surface area contributed by atoms with Crippen LogP contribution in [-0.2, 0) is 5.41 Å². The minimum atomic E-state index is 0.0925. The summed E-state index contributed by atoms with van der Waals surface area (Å²) in [4.78, 5) is 0. The third-order valence-electron chi connectivity index (χ3n) is 2.58.